The molecule has 1 aliphatic heterocycles. The summed E-state index contributed by atoms with van der Waals surface area (Å²) in [5.74, 6) is -0.120. The zero-order chi connectivity index (χ0) is 24.8. The molecular formula is C21H30N6O5S2. The molecule has 0 radical (unpaired) electrons. The summed E-state index contributed by atoms with van der Waals surface area (Å²) in [7, 11) is -7.15. The van der Waals surface area contributed by atoms with E-state index >= 15 is 0 Å². The number of benzene rings is 1. The highest BCUT2D eigenvalue weighted by atomic mass is 32.2. The molecule has 0 atom stereocenters. The Kier molecular flexibility index (Phi) is 8.57. The van der Waals surface area contributed by atoms with Crippen molar-refractivity contribution in [3.8, 4) is 0 Å². The van der Waals surface area contributed by atoms with E-state index < -0.39 is 26.0 Å². The van der Waals surface area contributed by atoms with Gasteiger partial charge in [0.25, 0.3) is 5.91 Å². The maximum atomic E-state index is 12.7. The third-order valence-electron chi connectivity index (χ3n) is 5.57. The number of hydrogen-bond acceptors (Lipinski definition) is 8. The standard InChI is InChI=1S/C21H30N6O5S2/c1-3-26(4-2)34(31,32)19-8-6-18(7-9-19)20(28)22-12-17-33(29,30)27-15-13-25(14-16-27)21-23-10-5-11-24-21/h5-11H,3-4,12-17H2,1-2H3,(H,22,28). The van der Waals surface area contributed by atoms with Crippen LogP contribution in [-0.2, 0) is 20.0 Å². The Balaban J connectivity index is 1.50. The Morgan fingerprint density at radius 1 is 0.971 bits per heavy atom. The molecule has 1 aromatic carbocycles. The fourth-order valence-electron chi connectivity index (χ4n) is 3.64. The van der Waals surface area contributed by atoms with Crippen molar-refractivity contribution < 1.29 is 21.6 Å². The number of rotatable bonds is 10. The minimum Gasteiger partial charge on any atom is -0.351 e. The molecule has 0 bridgehead atoms. The zero-order valence-corrected chi connectivity index (χ0v) is 20.9. The molecule has 0 unspecified atom stereocenters. The van der Waals surface area contributed by atoms with Gasteiger partial charge in [-0.2, -0.15) is 8.61 Å². The molecule has 2 aromatic rings. The first-order valence-electron chi connectivity index (χ1n) is 11.1. The van der Waals surface area contributed by atoms with E-state index in [0.717, 1.165) is 0 Å². The lowest BCUT2D eigenvalue weighted by molar-refractivity contribution is 0.0956. The molecular weight excluding hydrogens is 480 g/mol. The highest BCUT2D eigenvalue weighted by Gasteiger charge is 2.28. The van der Waals surface area contributed by atoms with E-state index in [1.54, 1.807) is 32.3 Å². The third kappa shape index (κ3) is 6.09. The van der Waals surface area contributed by atoms with Crippen LogP contribution in [0.2, 0.25) is 0 Å². The number of sulfonamides is 2. The Bertz CT molecular complexity index is 1160. The molecule has 0 aliphatic carbocycles. The van der Waals surface area contributed by atoms with Gasteiger partial charge in [0.05, 0.1) is 10.6 Å². The average Bonchev–Trinajstić information content (AvgIpc) is 2.85. The summed E-state index contributed by atoms with van der Waals surface area (Å²) >= 11 is 0. The molecule has 186 valence electrons. The molecule has 13 heteroatoms. The third-order valence-corrected chi connectivity index (χ3v) is 9.51. The number of carbonyl (C=O) groups excluding carboxylic acids is 1. The van der Waals surface area contributed by atoms with Crippen molar-refractivity contribution in [3.05, 3.63) is 48.3 Å². The van der Waals surface area contributed by atoms with Crippen molar-refractivity contribution in [1.29, 1.82) is 0 Å². The molecule has 34 heavy (non-hydrogen) atoms. The zero-order valence-electron chi connectivity index (χ0n) is 19.3. The van der Waals surface area contributed by atoms with Gasteiger partial charge in [0, 0.05) is 63.8 Å². The van der Waals surface area contributed by atoms with Gasteiger partial charge in [0.1, 0.15) is 0 Å². The fraction of sp³-hybridized carbons (Fsp3) is 0.476. The molecule has 1 saturated heterocycles. The smallest absolute Gasteiger partial charge is 0.251 e. The normalized spacial score (nSPS) is 15.4. The predicted octanol–water partition coefficient (Wildman–Crippen LogP) is 0.389. The molecule has 1 fully saturated rings. The molecule has 1 aromatic heterocycles. The van der Waals surface area contributed by atoms with E-state index in [2.05, 4.69) is 15.3 Å². The maximum absolute atomic E-state index is 12.7. The summed E-state index contributed by atoms with van der Waals surface area (Å²) in [6, 6.07) is 7.34. The minimum absolute atomic E-state index is 0.0529. The van der Waals surface area contributed by atoms with Crippen LogP contribution in [0.5, 0.6) is 0 Å². The van der Waals surface area contributed by atoms with Crippen LogP contribution in [0.3, 0.4) is 0 Å². The van der Waals surface area contributed by atoms with Gasteiger partial charge in [-0.25, -0.2) is 26.8 Å². The van der Waals surface area contributed by atoms with Crippen LogP contribution in [0.1, 0.15) is 24.2 Å². The fourth-order valence-corrected chi connectivity index (χ4v) is 6.43. The average molecular weight is 511 g/mol. The van der Waals surface area contributed by atoms with E-state index in [9.17, 15) is 21.6 Å². The van der Waals surface area contributed by atoms with E-state index in [4.69, 9.17) is 0 Å². The molecule has 1 aliphatic rings. The number of carbonyl (C=O) groups is 1. The van der Waals surface area contributed by atoms with Crippen LogP contribution in [0, 0.1) is 0 Å². The lowest BCUT2D eigenvalue weighted by atomic mass is 10.2. The molecule has 1 amide bonds. The molecule has 3 rings (SSSR count). The van der Waals surface area contributed by atoms with Crippen LogP contribution >= 0.6 is 0 Å². The van der Waals surface area contributed by atoms with E-state index in [-0.39, 0.29) is 22.8 Å². The second-order valence-electron chi connectivity index (χ2n) is 7.62. The Morgan fingerprint density at radius 2 is 1.56 bits per heavy atom. The molecule has 0 saturated carbocycles. The van der Waals surface area contributed by atoms with Gasteiger partial charge in [0.2, 0.25) is 26.0 Å². The first-order chi connectivity index (χ1) is 16.2. The number of piperazine rings is 1. The van der Waals surface area contributed by atoms with Gasteiger partial charge < -0.3 is 10.2 Å². The van der Waals surface area contributed by atoms with Crippen LogP contribution in [-0.4, -0.2) is 92.9 Å². The Morgan fingerprint density at radius 3 is 2.12 bits per heavy atom. The minimum atomic E-state index is -3.61. The van der Waals surface area contributed by atoms with Crippen LogP contribution in [0.4, 0.5) is 5.95 Å². The van der Waals surface area contributed by atoms with E-state index in [1.807, 2.05) is 4.90 Å². The largest absolute Gasteiger partial charge is 0.351 e. The Labute approximate surface area is 200 Å². The number of nitrogens with one attached hydrogen (secondary N) is 1. The van der Waals surface area contributed by atoms with Crippen molar-refractivity contribution in [2.24, 2.45) is 0 Å². The topological polar surface area (TPSA) is 133 Å². The van der Waals surface area contributed by atoms with Crippen LogP contribution in [0.25, 0.3) is 0 Å². The number of hydrogen-bond donors (Lipinski definition) is 1. The predicted molar refractivity (Wildman–Crippen MR) is 128 cm³/mol. The van der Waals surface area contributed by atoms with Gasteiger partial charge >= 0.3 is 0 Å². The van der Waals surface area contributed by atoms with Gasteiger partial charge in [0.15, 0.2) is 0 Å². The maximum Gasteiger partial charge on any atom is 0.251 e. The second kappa shape index (κ2) is 11.2. The number of aromatic nitrogens is 2. The molecule has 1 N–H and O–H groups in total. The van der Waals surface area contributed by atoms with Crippen molar-refractivity contribution in [3.63, 3.8) is 0 Å². The van der Waals surface area contributed by atoms with Crippen LogP contribution < -0.4 is 10.2 Å². The number of anilines is 1. The van der Waals surface area contributed by atoms with Gasteiger partial charge in [-0.1, -0.05) is 13.8 Å². The van der Waals surface area contributed by atoms with Gasteiger partial charge in [-0.15, -0.1) is 0 Å². The highest BCUT2D eigenvalue weighted by molar-refractivity contribution is 7.89. The lowest BCUT2D eigenvalue weighted by Gasteiger charge is -2.33. The van der Waals surface area contributed by atoms with Crippen molar-refractivity contribution in [1.82, 2.24) is 23.9 Å². The summed E-state index contributed by atoms with van der Waals surface area (Å²) in [5, 5.41) is 2.60. The first-order valence-corrected chi connectivity index (χ1v) is 14.1. The van der Waals surface area contributed by atoms with Crippen molar-refractivity contribution in [2.75, 3.05) is 56.5 Å². The summed E-state index contributed by atoms with van der Waals surface area (Å²) < 4.78 is 53.2. The summed E-state index contributed by atoms with van der Waals surface area (Å²) in [4.78, 5) is 22.8. The molecule has 2 heterocycles. The number of nitrogens with zero attached hydrogens (tertiary/aromatic N) is 5. The van der Waals surface area contributed by atoms with Crippen molar-refractivity contribution >= 4 is 31.9 Å². The van der Waals surface area contributed by atoms with E-state index in [0.29, 0.717) is 45.2 Å². The van der Waals surface area contributed by atoms with Gasteiger partial charge in [-0.05, 0) is 30.3 Å². The Hall–Kier alpha value is -2.61. The quantitative estimate of drug-likeness (QED) is 0.485. The highest BCUT2D eigenvalue weighted by Crippen LogP contribution is 2.16. The van der Waals surface area contributed by atoms with E-state index in [1.165, 1.54) is 32.9 Å². The number of amides is 1. The summed E-state index contributed by atoms with van der Waals surface area (Å²) in [6.45, 7) is 5.77. The molecule has 11 nitrogen and oxygen atoms in total. The van der Waals surface area contributed by atoms with Crippen LogP contribution in [0.15, 0.2) is 47.6 Å². The molecule has 0 spiro atoms. The monoisotopic (exact) mass is 510 g/mol. The lowest BCUT2D eigenvalue weighted by Crippen LogP contribution is -2.50. The summed E-state index contributed by atoms with van der Waals surface area (Å²) in [6.07, 6.45) is 3.29. The SMILES string of the molecule is CCN(CC)S(=O)(=O)c1ccc(C(=O)NCCS(=O)(=O)N2CCN(c3ncccn3)CC2)cc1. The van der Waals surface area contributed by atoms with Crippen molar-refractivity contribution in [2.45, 2.75) is 18.7 Å². The van der Waals surface area contributed by atoms with Gasteiger partial charge in [-0.3, -0.25) is 4.79 Å². The summed E-state index contributed by atoms with van der Waals surface area (Å²) in [5.41, 5.74) is 0.257. The second-order valence-corrected chi connectivity index (χ2v) is 11.6. The first kappa shape index (κ1) is 26.0.